The van der Waals surface area contributed by atoms with Crippen LogP contribution in [0.3, 0.4) is 0 Å². The Hall–Kier alpha value is -1.35. The Morgan fingerprint density at radius 2 is 1.94 bits per heavy atom. The molecule has 1 aromatic carbocycles. The Morgan fingerprint density at radius 1 is 1.28 bits per heavy atom. The Balaban J connectivity index is 2.54. The summed E-state index contributed by atoms with van der Waals surface area (Å²) in [6, 6.07) is 10.7. The average molecular weight is 249 g/mol. The second kappa shape index (κ2) is 7.88. The van der Waals surface area contributed by atoms with Crippen LogP contribution in [0.15, 0.2) is 30.3 Å². The molecule has 0 saturated carbocycles. The molecule has 1 N–H and O–H groups in total. The number of methoxy groups -OCH3 is 1. The maximum Gasteiger partial charge on any atom is 0.306 e. The first-order chi connectivity index (χ1) is 8.63. The van der Waals surface area contributed by atoms with Crippen molar-refractivity contribution in [3.05, 3.63) is 35.9 Å². The molecule has 0 amide bonds. The predicted octanol–water partition coefficient (Wildman–Crippen LogP) is 2.93. The van der Waals surface area contributed by atoms with Crippen LogP contribution in [0.4, 0.5) is 0 Å². The molecule has 1 rings (SSSR count). The van der Waals surface area contributed by atoms with Gasteiger partial charge in [0.05, 0.1) is 13.5 Å². The summed E-state index contributed by atoms with van der Waals surface area (Å²) in [7, 11) is 1.42. The third-order valence-corrected chi connectivity index (χ3v) is 2.86. The summed E-state index contributed by atoms with van der Waals surface area (Å²) in [5.74, 6) is 0.444. The summed E-state index contributed by atoms with van der Waals surface area (Å²) >= 11 is 0. The van der Waals surface area contributed by atoms with E-state index in [0.717, 1.165) is 6.42 Å². The van der Waals surface area contributed by atoms with Crippen LogP contribution in [0.5, 0.6) is 0 Å². The molecule has 0 aromatic heterocycles. The highest BCUT2D eigenvalue weighted by atomic mass is 16.5. The molecule has 0 spiro atoms. The summed E-state index contributed by atoms with van der Waals surface area (Å²) in [5.41, 5.74) is 1.27. The lowest BCUT2D eigenvalue weighted by Gasteiger charge is -2.21. The van der Waals surface area contributed by atoms with Gasteiger partial charge in [0.25, 0.3) is 0 Å². The molecule has 0 radical (unpaired) electrons. The van der Waals surface area contributed by atoms with Gasteiger partial charge in [-0.05, 0) is 17.9 Å². The summed E-state index contributed by atoms with van der Waals surface area (Å²) in [4.78, 5) is 11.1. The van der Waals surface area contributed by atoms with Gasteiger partial charge in [-0.15, -0.1) is 0 Å². The maximum absolute atomic E-state index is 11.1. The van der Waals surface area contributed by atoms with Crippen LogP contribution >= 0.6 is 0 Å². The number of hydrogen-bond acceptors (Lipinski definition) is 3. The standard InChI is InChI=1S/C15H23NO2/c1-12(2)11-14(13-7-5-4-6-8-13)16-10-9-15(17)18-3/h4-8,12,14,16H,9-11H2,1-3H3. The molecule has 1 atom stereocenters. The van der Waals surface area contributed by atoms with Crippen LogP contribution in [-0.4, -0.2) is 19.6 Å². The van der Waals surface area contributed by atoms with E-state index in [0.29, 0.717) is 24.9 Å². The fourth-order valence-corrected chi connectivity index (χ4v) is 1.94. The van der Waals surface area contributed by atoms with E-state index in [4.69, 9.17) is 0 Å². The first kappa shape index (κ1) is 14.7. The van der Waals surface area contributed by atoms with Crippen LogP contribution in [0.2, 0.25) is 0 Å². The van der Waals surface area contributed by atoms with E-state index in [1.54, 1.807) is 0 Å². The molecule has 3 heteroatoms. The number of ether oxygens (including phenoxy) is 1. The first-order valence-electron chi connectivity index (χ1n) is 6.48. The minimum absolute atomic E-state index is 0.168. The zero-order valence-corrected chi connectivity index (χ0v) is 11.5. The number of rotatable bonds is 7. The molecule has 0 bridgehead atoms. The quantitative estimate of drug-likeness (QED) is 0.755. The van der Waals surface area contributed by atoms with Gasteiger partial charge < -0.3 is 10.1 Å². The van der Waals surface area contributed by atoms with Gasteiger partial charge in [0, 0.05) is 12.6 Å². The van der Waals surface area contributed by atoms with Crippen molar-refractivity contribution < 1.29 is 9.53 Å². The highest BCUT2D eigenvalue weighted by molar-refractivity contribution is 5.69. The molecule has 0 saturated heterocycles. The van der Waals surface area contributed by atoms with Crippen LogP contribution < -0.4 is 5.32 Å². The molecule has 1 aromatic rings. The van der Waals surface area contributed by atoms with Crippen LogP contribution in [0.1, 0.15) is 38.3 Å². The fourth-order valence-electron chi connectivity index (χ4n) is 1.94. The molecule has 3 nitrogen and oxygen atoms in total. The third-order valence-electron chi connectivity index (χ3n) is 2.86. The van der Waals surface area contributed by atoms with E-state index in [1.807, 2.05) is 18.2 Å². The predicted molar refractivity (Wildman–Crippen MR) is 73.3 cm³/mol. The smallest absolute Gasteiger partial charge is 0.306 e. The van der Waals surface area contributed by atoms with Gasteiger partial charge in [-0.1, -0.05) is 44.2 Å². The summed E-state index contributed by atoms with van der Waals surface area (Å²) in [6.07, 6.45) is 1.48. The van der Waals surface area contributed by atoms with Crippen molar-refractivity contribution in [3.63, 3.8) is 0 Å². The third kappa shape index (κ3) is 5.32. The Morgan fingerprint density at radius 3 is 2.50 bits per heavy atom. The lowest BCUT2D eigenvalue weighted by atomic mass is 9.97. The van der Waals surface area contributed by atoms with E-state index >= 15 is 0 Å². The molecule has 18 heavy (non-hydrogen) atoms. The minimum atomic E-state index is -0.168. The van der Waals surface area contributed by atoms with E-state index in [1.165, 1.54) is 12.7 Å². The summed E-state index contributed by atoms with van der Waals surface area (Å²) < 4.78 is 4.64. The highest BCUT2D eigenvalue weighted by Crippen LogP contribution is 2.20. The summed E-state index contributed by atoms with van der Waals surface area (Å²) in [6.45, 7) is 5.06. The topological polar surface area (TPSA) is 38.3 Å². The molecule has 0 aliphatic rings. The van der Waals surface area contributed by atoms with Crippen LogP contribution in [-0.2, 0) is 9.53 Å². The normalized spacial score (nSPS) is 12.4. The number of esters is 1. The van der Waals surface area contributed by atoms with Crippen molar-refractivity contribution in [2.75, 3.05) is 13.7 Å². The van der Waals surface area contributed by atoms with Crippen LogP contribution in [0, 0.1) is 5.92 Å². The van der Waals surface area contributed by atoms with E-state index < -0.39 is 0 Å². The monoisotopic (exact) mass is 249 g/mol. The molecule has 0 aliphatic heterocycles. The van der Waals surface area contributed by atoms with Crippen LogP contribution in [0.25, 0.3) is 0 Å². The molecular weight excluding hydrogens is 226 g/mol. The van der Waals surface area contributed by atoms with Gasteiger partial charge in [0.15, 0.2) is 0 Å². The lowest BCUT2D eigenvalue weighted by molar-refractivity contribution is -0.140. The molecule has 0 heterocycles. The molecule has 0 aliphatic carbocycles. The van der Waals surface area contributed by atoms with Gasteiger partial charge in [0.1, 0.15) is 0 Å². The van der Waals surface area contributed by atoms with E-state index in [2.05, 4.69) is 36.0 Å². The Labute approximate surface area is 110 Å². The van der Waals surface area contributed by atoms with Crippen molar-refractivity contribution in [3.8, 4) is 0 Å². The largest absolute Gasteiger partial charge is 0.469 e. The number of benzene rings is 1. The maximum atomic E-state index is 11.1. The number of carbonyl (C=O) groups excluding carboxylic acids is 1. The molecule has 0 fully saturated rings. The second-order valence-corrected chi connectivity index (χ2v) is 4.87. The van der Waals surface area contributed by atoms with Gasteiger partial charge >= 0.3 is 5.97 Å². The lowest BCUT2D eigenvalue weighted by Crippen LogP contribution is -2.25. The Bertz CT molecular complexity index is 349. The zero-order valence-electron chi connectivity index (χ0n) is 11.5. The SMILES string of the molecule is COC(=O)CCNC(CC(C)C)c1ccccc1. The average Bonchev–Trinajstić information content (AvgIpc) is 2.38. The minimum Gasteiger partial charge on any atom is -0.469 e. The number of hydrogen-bond donors (Lipinski definition) is 1. The van der Waals surface area contributed by atoms with Gasteiger partial charge in [0.2, 0.25) is 0 Å². The van der Waals surface area contributed by atoms with Crippen molar-refractivity contribution in [2.24, 2.45) is 5.92 Å². The first-order valence-corrected chi connectivity index (χ1v) is 6.48. The van der Waals surface area contributed by atoms with Crippen molar-refractivity contribution in [2.45, 2.75) is 32.7 Å². The zero-order chi connectivity index (χ0) is 13.4. The number of nitrogens with one attached hydrogen (secondary N) is 1. The highest BCUT2D eigenvalue weighted by Gasteiger charge is 2.13. The van der Waals surface area contributed by atoms with Gasteiger partial charge in [-0.25, -0.2) is 0 Å². The Kier molecular flexibility index (Phi) is 6.44. The fraction of sp³-hybridized carbons (Fsp3) is 0.533. The molecular formula is C15H23NO2. The van der Waals surface area contributed by atoms with Crippen molar-refractivity contribution in [1.29, 1.82) is 0 Å². The van der Waals surface area contributed by atoms with Crippen molar-refractivity contribution >= 4 is 5.97 Å². The van der Waals surface area contributed by atoms with Crippen molar-refractivity contribution in [1.82, 2.24) is 5.32 Å². The van der Waals surface area contributed by atoms with Gasteiger partial charge in [-0.3, -0.25) is 4.79 Å². The van der Waals surface area contributed by atoms with Gasteiger partial charge in [-0.2, -0.15) is 0 Å². The van der Waals surface area contributed by atoms with E-state index in [9.17, 15) is 4.79 Å². The van der Waals surface area contributed by atoms with E-state index in [-0.39, 0.29) is 5.97 Å². The second-order valence-electron chi connectivity index (χ2n) is 4.87. The molecule has 1 unspecified atom stereocenters. The summed E-state index contributed by atoms with van der Waals surface area (Å²) in [5, 5.41) is 3.43. The number of carbonyl (C=O) groups is 1. The molecule has 100 valence electrons.